The van der Waals surface area contributed by atoms with Gasteiger partial charge in [-0.15, -0.1) is 11.8 Å². The van der Waals surface area contributed by atoms with Gasteiger partial charge >= 0.3 is 0 Å². The fourth-order valence-corrected chi connectivity index (χ4v) is 1.80. The molecule has 0 amide bonds. The van der Waals surface area contributed by atoms with Crippen LogP contribution in [0.5, 0.6) is 0 Å². The molecule has 2 heteroatoms. The Balaban J connectivity index is 2.50. The molecule has 8 heavy (non-hydrogen) atoms. The van der Waals surface area contributed by atoms with E-state index in [1.165, 1.54) is 17.2 Å². The lowest BCUT2D eigenvalue weighted by molar-refractivity contribution is 0.720. The van der Waals surface area contributed by atoms with Crippen molar-refractivity contribution in [1.82, 2.24) is 0 Å². The molecule has 0 bridgehead atoms. The summed E-state index contributed by atoms with van der Waals surface area (Å²) in [6.45, 7) is 4.25. The fraction of sp³-hybridized carbons (Fsp3) is 0.833. The molecule has 1 nitrogen and oxygen atoms in total. The molecular formula is C6H11NS. The Labute approximate surface area is 54.6 Å². The van der Waals surface area contributed by atoms with E-state index in [2.05, 4.69) is 18.8 Å². The first-order valence-corrected chi connectivity index (χ1v) is 3.95. The summed E-state index contributed by atoms with van der Waals surface area (Å²) >= 11 is 1.87. The predicted octanol–water partition coefficient (Wildman–Crippen LogP) is 1.93. The van der Waals surface area contributed by atoms with Crippen molar-refractivity contribution in [2.75, 3.05) is 5.75 Å². The maximum atomic E-state index is 4.36. The number of rotatable bonds is 0. The van der Waals surface area contributed by atoms with Gasteiger partial charge in [-0.05, 0) is 20.3 Å². The van der Waals surface area contributed by atoms with Gasteiger partial charge in [0.2, 0.25) is 0 Å². The fourth-order valence-electron chi connectivity index (χ4n) is 0.789. The van der Waals surface area contributed by atoms with E-state index in [1.54, 1.807) is 0 Å². The molecule has 0 aromatic heterocycles. The largest absolute Gasteiger partial charge is 0.280 e. The minimum Gasteiger partial charge on any atom is -0.280 e. The van der Waals surface area contributed by atoms with Crippen LogP contribution in [-0.2, 0) is 0 Å². The van der Waals surface area contributed by atoms with Gasteiger partial charge in [0.1, 0.15) is 0 Å². The lowest BCUT2D eigenvalue weighted by Crippen LogP contribution is -2.08. The highest BCUT2D eigenvalue weighted by Gasteiger charge is 2.06. The lowest BCUT2D eigenvalue weighted by atomic mass is 10.3. The molecule has 1 aliphatic rings. The number of thioether (sulfide) groups is 1. The van der Waals surface area contributed by atoms with Crippen molar-refractivity contribution < 1.29 is 0 Å². The highest BCUT2D eigenvalue weighted by Crippen LogP contribution is 2.15. The van der Waals surface area contributed by atoms with Crippen molar-refractivity contribution in [3.63, 3.8) is 0 Å². The molecule has 46 valence electrons. The van der Waals surface area contributed by atoms with Crippen molar-refractivity contribution in [1.29, 1.82) is 0 Å². The number of nitrogens with zero attached hydrogens (tertiary/aromatic N) is 1. The molecule has 1 unspecified atom stereocenters. The average Bonchev–Trinajstić information content (AvgIpc) is 1.64. The summed E-state index contributed by atoms with van der Waals surface area (Å²) in [4.78, 5) is 4.36. The summed E-state index contributed by atoms with van der Waals surface area (Å²) in [6, 6.07) is 0.580. The molecule has 0 aromatic carbocycles. The molecule has 1 atom stereocenters. The Morgan fingerprint density at radius 1 is 1.75 bits per heavy atom. The van der Waals surface area contributed by atoms with Crippen LogP contribution in [0.3, 0.4) is 0 Å². The van der Waals surface area contributed by atoms with E-state index >= 15 is 0 Å². The summed E-state index contributed by atoms with van der Waals surface area (Å²) < 4.78 is 0. The molecule has 0 N–H and O–H groups in total. The van der Waals surface area contributed by atoms with E-state index in [9.17, 15) is 0 Å². The van der Waals surface area contributed by atoms with Crippen molar-refractivity contribution in [3.8, 4) is 0 Å². The minimum atomic E-state index is 0.580. The van der Waals surface area contributed by atoms with Gasteiger partial charge in [0.05, 0.1) is 5.04 Å². The normalized spacial score (nSPS) is 29.8. The standard InChI is InChI=1S/C6H11NS/c1-5-3-4-8-6(2)7-5/h5H,3-4H2,1-2H3. The summed E-state index contributed by atoms with van der Waals surface area (Å²) in [6.07, 6.45) is 1.25. The highest BCUT2D eigenvalue weighted by atomic mass is 32.2. The molecule has 0 spiro atoms. The van der Waals surface area contributed by atoms with E-state index in [-0.39, 0.29) is 0 Å². The van der Waals surface area contributed by atoms with Gasteiger partial charge in [0.15, 0.2) is 0 Å². The zero-order valence-corrected chi connectivity index (χ0v) is 6.16. The molecule has 1 rings (SSSR count). The Morgan fingerprint density at radius 2 is 2.50 bits per heavy atom. The Hall–Kier alpha value is 0.0200. The average molecular weight is 129 g/mol. The van der Waals surface area contributed by atoms with E-state index in [1.807, 2.05) is 11.8 Å². The Bertz CT molecular complexity index is 109. The molecular weight excluding hydrogens is 118 g/mol. The zero-order valence-electron chi connectivity index (χ0n) is 5.35. The Kier molecular flexibility index (Phi) is 1.95. The van der Waals surface area contributed by atoms with Gasteiger partial charge in [0, 0.05) is 11.8 Å². The summed E-state index contributed by atoms with van der Waals surface area (Å²) in [5.41, 5.74) is 0. The van der Waals surface area contributed by atoms with Crippen LogP contribution in [0.15, 0.2) is 4.99 Å². The summed E-state index contributed by atoms with van der Waals surface area (Å²) in [7, 11) is 0. The lowest BCUT2D eigenvalue weighted by Gasteiger charge is -2.12. The third kappa shape index (κ3) is 1.51. The van der Waals surface area contributed by atoms with Crippen molar-refractivity contribution in [2.24, 2.45) is 4.99 Å². The third-order valence-corrected chi connectivity index (χ3v) is 2.21. The van der Waals surface area contributed by atoms with Crippen LogP contribution < -0.4 is 0 Å². The molecule has 0 fully saturated rings. The van der Waals surface area contributed by atoms with Crippen molar-refractivity contribution in [3.05, 3.63) is 0 Å². The molecule has 0 radical (unpaired) electrons. The maximum Gasteiger partial charge on any atom is 0.0648 e. The van der Waals surface area contributed by atoms with E-state index in [4.69, 9.17) is 0 Å². The van der Waals surface area contributed by atoms with E-state index in [0.29, 0.717) is 6.04 Å². The second-order valence-electron chi connectivity index (χ2n) is 2.13. The highest BCUT2D eigenvalue weighted by molar-refractivity contribution is 8.13. The van der Waals surface area contributed by atoms with E-state index in [0.717, 1.165) is 0 Å². The number of hydrogen-bond acceptors (Lipinski definition) is 2. The van der Waals surface area contributed by atoms with Crippen LogP contribution in [-0.4, -0.2) is 16.8 Å². The molecule has 0 saturated heterocycles. The smallest absolute Gasteiger partial charge is 0.0648 e. The van der Waals surface area contributed by atoms with Gasteiger partial charge in [-0.3, -0.25) is 4.99 Å². The van der Waals surface area contributed by atoms with Gasteiger partial charge in [0.25, 0.3) is 0 Å². The van der Waals surface area contributed by atoms with Gasteiger partial charge in [-0.1, -0.05) is 0 Å². The summed E-state index contributed by atoms with van der Waals surface area (Å²) in [5, 5.41) is 1.25. The molecule has 1 heterocycles. The summed E-state index contributed by atoms with van der Waals surface area (Å²) in [5.74, 6) is 1.26. The van der Waals surface area contributed by atoms with Gasteiger partial charge in [-0.25, -0.2) is 0 Å². The minimum absolute atomic E-state index is 0.580. The van der Waals surface area contributed by atoms with Gasteiger partial charge in [-0.2, -0.15) is 0 Å². The molecule has 0 aromatic rings. The van der Waals surface area contributed by atoms with Crippen molar-refractivity contribution in [2.45, 2.75) is 26.3 Å². The maximum absolute atomic E-state index is 4.36. The first-order chi connectivity index (χ1) is 3.79. The predicted molar refractivity (Wildman–Crippen MR) is 39.6 cm³/mol. The first kappa shape index (κ1) is 6.14. The number of hydrogen-bond donors (Lipinski definition) is 0. The number of aliphatic imine (C=N–C) groups is 1. The van der Waals surface area contributed by atoms with Crippen LogP contribution in [0.25, 0.3) is 0 Å². The second kappa shape index (κ2) is 2.53. The SMILES string of the molecule is CC1=NC(C)CCS1. The monoisotopic (exact) mass is 129 g/mol. The topological polar surface area (TPSA) is 12.4 Å². The molecule has 0 saturated carbocycles. The van der Waals surface area contributed by atoms with Crippen LogP contribution >= 0.6 is 11.8 Å². The van der Waals surface area contributed by atoms with Crippen LogP contribution in [0, 0.1) is 0 Å². The molecule has 0 aliphatic carbocycles. The first-order valence-electron chi connectivity index (χ1n) is 2.96. The van der Waals surface area contributed by atoms with Gasteiger partial charge < -0.3 is 0 Å². The van der Waals surface area contributed by atoms with Crippen LogP contribution in [0.1, 0.15) is 20.3 Å². The van der Waals surface area contributed by atoms with Crippen molar-refractivity contribution >= 4 is 16.8 Å². The quantitative estimate of drug-likeness (QED) is 0.487. The second-order valence-corrected chi connectivity index (χ2v) is 3.42. The zero-order chi connectivity index (χ0) is 5.98. The third-order valence-electron chi connectivity index (χ3n) is 1.25. The van der Waals surface area contributed by atoms with Crippen LogP contribution in [0.4, 0.5) is 0 Å². The van der Waals surface area contributed by atoms with Crippen LogP contribution in [0.2, 0.25) is 0 Å². The van der Waals surface area contributed by atoms with E-state index < -0.39 is 0 Å². The Morgan fingerprint density at radius 3 is 2.88 bits per heavy atom. The molecule has 1 aliphatic heterocycles.